The summed E-state index contributed by atoms with van der Waals surface area (Å²) in [5, 5.41) is 0. The quantitative estimate of drug-likeness (QED) is 0.939. The number of nitrogens with zero attached hydrogens (tertiary/aromatic N) is 2. The van der Waals surface area contributed by atoms with Gasteiger partial charge in [0.1, 0.15) is 23.1 Å². The Labute approximate surface area is 115 Å². The van der Waals surface area contributed by atoms with Crippen LogP contribution in [0.25, 0.3) is 11.3 Å². The van der Waals surface area contributed by atoms with Crippen LogP contribution in [0.15, 0.2) is 24.3 Å². The zero-order valence-corrected chi connectivity index (χ0v) is 10.9. The third-order valence-corrected chi connectivity index (χ3v) is 3.48. The minimum Gasteiger partial charge on any atom is -0.434 e. The average Bonchev–Trinajstić information content (AvgIpc) is 2.77. The SMILES string of the molecule is Nc1c(-c2ccccc2OC(F)F)nc2n1CCCC2. The Balaban J connectivity index is 2.07. The van der Waals surface area contributed by atoms with Gasteiger partial charge in [-0.05, 0) is 25.0 Å². The van der Waals surface area contributed by atoms with Crippen LogP contribution in [-0.2, 0) is 13.0 Å². The van der Waals surface area contributed by atoms with Crippen molar-refractivity contribution in [3.63, 3.8) is 0 Å². The van der Waals surface area contributed by atoms with E-state index in [1.54, 1.807) is 18.2 Å². The zero-order chi connectivity index (χ0) is 14.1. The fourth-order valence-corrected chi connectivity index (χ4v) is 2.57. The summed E-state index contributed by atoms with van der Waals surface area (Å²) >= 11 is 0. The van der Waals surface area contributed by atoms with E-state index in [1.165, 1.54) is 6.07 Å². The van der Waals surface area contributed by atoms with Gasteiger partial charge in [-0.3, -0.25) is 0 Å². The monoisotopic (exact) mass is 279 g/mol. The van der Waals surface area contributed by atoms with E-state index in [0.717, 1.165) is 31.6 Å². The highest BCUT2D eigenvalue weighted by Gasteiger charge is 2.21. The Hall–Kier alpha value is -2.11. The van der Waals surface area contributed by atoms with E-state index >= 15 is 0 Å². The van der Waals surface area contributed by atoms with Crippen LogP contribution in [0.4, 0.5) is 14.6 Å². The number of benzene rings is 1. The number of imidazole rings is 1. The molecule has 0 atom stereocenters. The molecule has 2 aromatic rings. The van der Waals surface area contributed by atoms with E-state index in [-0.39, 0.29) is 5.75 Å². The number of aryl methyl sites for hydroxylation is 1. The van der Waals surface area contributed by atoms with Gasteiger partial charge in [0.2, 0.25) is 0 Å². The first-order chi connectivity index (χ1) is 9.66. The predicted octanol–water partition coefficient (Wildman–Crippen LogP) is 3.07. The van der Waals surface area contributed by atoms with Crippen molar-refractivity contribution in [3.05, 3.63) is 30.1 Å². The molecule has 6 heteroatoms. The Bertz CT molecular complexity index is 625. The minimum absolute atomic E-state index is 0.102. The van der Waals surface area contributed by atoms with Crippen molar-refractivity contribution in [2.24, 2.45) is 0 Å². The lowest BCUT2D eigenvalue weighted by molar-refractivity contribution is -0.0494. The molecule has 3 rings (SSSR count). The van der Waals surface area contributed by atoms with Crippen molar-refractivity contribution in [3.8, 4) is 17.0 Å². The lowest BCUT2D eigenvalue weighted by Gasteiger charge is -2.14. The second kappa shape index (κ2) is 5.11. The summed E-state index contributed by atoms with van der Waals surface area (Å²) in [5.74, 6) is 1.53. The molecule has 0 fully saturated rings. The molecule has 0 saturated carbocycles. The topological polar surface area (TPSA) is 53.1 Å². The highest BCUT2D eigenvalue weighted by Crippen LogP contribution is 2.35. The van der Waals surface area contributed by atoms with Crippen LogP contribution in [0.1, 0.15) is 18.7 Å². The fraction of sp³-hybridized carbons (Fsp3) is 0.357. The molecule has 106 valence electrons. The molecule has 4 nitrogen and oxygen atoms in total. The van der Waals surface area contributed by atoms with Crippen molar-refractivity contribution in [1.29, 1.82) is 0 Å². The summed E-state index contributed by atoms with van der Waals surface area (Å²) in [7, 11) is 0. The van der Waals surface area contributed by atoms with E-state index in [1.807, 2.05) is 4.57 Å². The summed E-state index contributed by atoms with van der Waals surface area (Å²) in [4.78, 5) is 4.50. The Morgan fingerprint density at radius 3 is 2.80 bits per heavy atom. The molecule has 0 aliphatic carbocycles. The molecule has 0 unspecified atom stereocenters. The second-order valence-electron chi connectivity index (χ2n) is 4.75. The number of aromatic nitrogens is 2. The molecule has 2 heterocycles. The standard InChI is InChI=1S/C14H15F2N3O/c15-14(16)20-10-6-2-1-5-9(10)12-13(17)19-8-4-3-7-11(19)18-12/h1-2,5-6,14H,3-4,7-8,17H2. The molecule has 20 heavy (non-hydrogen) atoms. The van der Waals surface area contributed by atoms with Gasteiger partial charge in [0.25, 0.3) is 0 Å². The number of nitrogens with two attached hydrogens (primary N) is 1. The normalized spacial score (nSPS) is 14.3. The molecule has 2 N–H and O–H groups in total. The number of hydrogen-bond donors (Lipinski definition) is 1. The number of anilines is 1. The van der Waals surface area contributed by atoms with Gasteiger partial charge in [0.15, 0.2) is 0 Å². The molecule has 0 saturated heterocycles. The van der Waals surface area contributed by atoms with E-state index in [4.69, 9.17) is 5.73 Å². The highest BCUT2D eigenvalue weighted by atomic mass is 19.3. The molecule has 0 amide bonds. The summed E-state index contributed by atoms with van der Waals surface area (Å²) < 4.78 is 31.4. The molecule has 1 aromatic heterocycles. The van der Waals surface area contributed by atoms with Crippen LogP contribution in [0.2, 0.25) is 0 Å². The third-order valence-electron chi connectivity index (χ3n) is 3.48. The lowest BCUT2D eigenvalue weighted by Crippen LogP contribution is -2.12. The zero-order valence-electron chi connectivity index (χ0n) is 10.9. The first-order valence-corrected chi connectivity index (χ1v) is 6.56. The van der Waals surface area contributed by atoms with Crippen LogP contribution in [-0.4, -0.2) is 16.2 Å². The Morgan fingerprint density at radius 1 is 1.25 bits per heavy atom. The fourth-order valence-electron chi connectivity index (χ4n) is 2.57. The van der Waals surface area contributed by atoms with E-state index in [9.17, 15) is 8.78 Å². The summed E-state index contributed by atoms with van der Waals surface area (Å²) in [5.41, 5.74) is 7.15. The van der Waals surface area contributed by atoms with Crippen molar-refractivity contribution >= 4 is 5.82 Å². The van der Waals surface area contributed by atoms with Gasteiger partial charge in [-0.1, -0.05) is 12.1 Å². The largest absolute Gasteiger partial charge is 0.434 e. The highest BCUT2D eigenvalue weighted by molar-refractivity contribution is 5.76. The lowest BCUT2D eigenvalue weighted by atomic mass is 10.1. The van der Waals surface area contributed by atoms with Crippen molar-refractivity contribution in [2.75, 3.05) is 5.73 Å². The molecular formula is C14H15F2N3O. The maximum absolute atomic E-state index is 12.5. The molecule has 0 bridgehead atoms. The first-order valence-electron chi connectivity index (χ1n) is 6.56. The van der Waals surface area contributed by atoms with Crippen LogP contribution in [0, 0.1) is 0 Å². The number of rotatable bonds is 3. The van der Waals surface area contributed by atoms with Crippen LogP contribution in [0.3, 0.4) is 0 Å². The number of ether oxygens (including phenoxy) is 1. The van der Waals surface area contributed by atoms with Gasteiger partial charge in [0.05, 0.1) is 0 Å². The molecule has 0 spiro atoms. The van der Waals surface area contributed by atoms with Gasteiger partial charge < -0.3 is 15.0 Å². The molecule has 1 aliphatic rings. The summed E-state index contributed by atoms with van der Waals surface area (Å²) in [6, 6.07) is 6.60. The smallest absolute Gasteiger partial charge is 0.387 e. The minimum atomic E-state index is -2.87. The average molecular weight is 279 g/mol. The van der Waals surface area contributed by atoms with Gasteiger partial charge in [-0.2, -0.15) is 8.78 Å². The number of alkyl halides is 2. The van der Waals surface area contributed by atoms with E-state index in [0.29, 0.717) is 17.1 Å². The van der Waals surface area contributed by atoms with E-state index < -0.39 is 6.61 Å². The maximum Gasteiger partial charge on any atom is 0.387 e. The first kappa shape index (κ1) is 12.9. The number of nitrogen functional groups attached to an aromatic ring is 1. The maximum atomic E-state index is 12.5. The van der Waals surface area contributed by atoms with Gasteiger partial charge in [-0.15, -0.1) is 0 Å². The Morgan fingerprint density at radius 2 is 2.05 bits per heavy atom. The molecule has 0 radical (unpaired) electrons. The second-order valence-corrected chi connectivity index (χ2v) is 4.75. The van der Waals surface area contributed by atoms with Crippen molar-refractivity contribution in [2.45, 2.75) is 32.4 Å². The van der Waals surface area contributed by atoms with Gasteiger partial charge >= 0.3 is 6.61 Å². The van der Waals surface area contributed by atoms with Crippen LogP contribution in [0.5, 0.6) is 5.75 Å². The number of fused-ring (bicyclic) bond motifs is 1. The predicted molar refractivity (Wildman–Crippen MR) is 71.6 cm³/mol. The van der Waals surface area contributed by atoms with Crippen LogP contribution < -0.4 is 10.5 Å². The number of para-hydroxylation sites is 1. The van der Waals surface area contributed by atoms with Crippen molar-refractivity contribution < 1.29 is 13.5 Å². The third kappa shape index (κ3) is 2.21. The summed E-state index contributed by atoms with van der Waals surface area (Å²) in [6.07, 6.45) is 3.00. The molecule has 1 aromatic carbocycles. The van der Waals surface area contributed by atoms with Crippen LogP contribution >= 0.6 is 0 Å². The van der Waals surface area contributed by atoms with Gasteiger partial charge in [0, 0.05) is 18.5 Å². The van der Waals surface area contributed by atoms with E-state index in [2.05, 4.69) is 9.72 Å². The number of halogens is 2. The Kier molecular flexibility index (Phi) is 3.30. The number of hydrogen-bond acceptors (Lipinski definition) is 3. The molecular weight excluding hydrogens is 264 g/mol. The summed E-state index contributed by atoms with van der Waals surface area (Å²) in [6.45, 7) is -2.04. The van der Waals surface area contributed by atoms with Crippen molar-refractivity contribution in [1.82, 2.24) is 9.55 Å². The van der Waals surface area contributed by atoms with Gasteiger partial charge in [-0.25, -0.2) is 4.98 Å². The molecule has 1 aliphatic heterocycles.